The van der Waals surface area contributed by atoms with Crippen LogP contribution in [-0.4, -0.2) is 70.3 Å². The second-order valence-electron chi connectivity index (χ2n) is 16.0. The number of rotatable bonds is 6. The molecule has 0 aliphatic heterocycles. The number of aliphatic hydroxyl groups is 2. The Morgan fingerprint density at radius 3 is 0.626 bits per heavy atom. The first kappa shape index (κ1) is 109. The summed E-state index contributed by atoms with van der Waals surface area (Å²) in [6, 6.07) is 11.4. The maximum absolute atomic E-state index is 11.8. The number of nitrogens with zero attached hydrogens (tertiary/aromatic N) is 2. The molecule has 0 saturated carbocycles. The SMILES string of the molecule is CCO.CCO.O.O.O=S(=O)([O-])c1c(Cl)c(Cl)c(C(=C2C(Cl)=C(Cl)[C+](Cl)C(Cl)=C2Cl)c2c(Cl)c(Cl)c(Cl)c(Cl)c2Cl)c(Cl)c1Cl.O=S(=O)([O-])c1c(Cl)c(Cl)c(C(=C2C(Cl)=C(Cl)[C+](Cl)C(Cl)=C2Cl)c2c(Cl)c(Cl)c(Cl)c(Cl)c2Cl)c(Cl)c1Cl.[Cu].[OH3+].[OH3+].[OH3+].[OH3+].c1ccncc1.c1ccncc1. The third-order valence-electron chi connectivity index (χ3n) is 10.4. The molecular weight excluding hydrogens is 2000 g/mol. The Morgan fingerprint density at radius 1 is 0.343 bits per heavy atom. The van der Waals surface area contributed by atoms with E-state index in [1.165, 1.54) is 0 Å². The van der Waals surface area contributed by atoms with Crippen LogP contribution in [0.1, 0.15) is 36.1 Å². The van der Waals surface area contributed by atoms with Crippen molar-refractivity contribution in [1.82, 2.24) is 9.97 Å². The first-order valence-corrected chi connectivity index (χ1v) is 36.3. The average molecular weight is 2040 g/mol. The Bertz CT molecular complexity index is 3800. The molecule has 0 spiro atoms. The van der Waals surface area contributed by atoms with Crippen molar-refractivity contribution in [3.8, 4) is 0 Å². The van der Waals surface area contributed by atoms with Crippen LogP contribution in [-0.2, 0) is 59.2 Å². The zero-order chi connectivity index (χ0) is 70.8. The molecule has 0 fully saturated rings. The van der Waals surface area contributed by atoms with E-state index in [4.69, 9.17) is 335 Å². The van der Waals surface area contributed by atoms with Gasteiger partial charge in [-0.15, -0.1) is 0 Å². The van der Waals surface area contributed by atoms with Gasteiger partial charge in [0.15, 0.2) is 51.0 Å². The van der Waals surface area contributed by atoms with Gasteiger partial charge in [-0.25, -0.2) is 16.8 Å². The molecule has 0 atom stereocenters. The van der Waals surface area contributed by atoms with Gasteiger partial charge < -0.3 is 52.2 Å². The molecule has 8 rings (SSSR count). The zero-order valence-corrected chi connectivity index (χ0v) is 71.2. The van der Waals surface area contributed by atoms with Crippen molar-refractivity contribution < 1.29 is 86.1 Å². The summed E-state index contributed by atoms with van der Waals surface area (Å²) in [5, 5.41) is 3.97. The molecule has 2 aliphatic rings. The van der Waals surface area contributed by atoms with Crippen LogP contribution in [0.15, 0.2) is 122 Å². The van der Waals surface area contributed by atoms with Crippen LogP contribution in [0.25, 0.3) is 11.1 Å². The Hall–Kier alpha value is 1.50. The van der Waals surface area contributed by atoms with E-state index < -0.39 is 70.2 Å². The fourth-order valence-corrected chi connectivity index (χ4v) is 16.8. The molecule has 0 unspecified atom stereocenters. The van der Waals surface area contributed by atoms with Crippen LogP contribution in [0.4, 0.5) is 0 Å². The molecule has 2 aliphatic carbocycles. The van der Waals surface area contributed by atoms with E-state index in [0.717, 1.165) is 0 Å². The molecule has 16 nitrogen and oxygen atoms in total. The number of aromatic nitrogens is 2. The van der Waals surface area contributed by atoms with Crippen molar-refractivity contribution in [3.05, 3.63) is 236 Å². The summed E-state index contributed by atoms with van der Waals surface area (Å²) in [4.78, 5) is 5.38. The van der Waals surface area contributed by atoms with Gasteiger partial charge in [-0.05, 0) is 84.5 Å². The van der Waals surface area contributed by atoms with Gasteiger partial charge in [-0.2, -0.15) is 0 Å². The van der Waals surface area contributed by atoms with Gasteiger partial charge in [0.25, 0.3) is 0 Å². The fourth-order valence-electron chi connectivity index (χ4n) is 6.77. The van der Waals surface area contributed by atoms with E-state index in [1.54, 1.807) is 38.6 Å². The zero-order valence-electron chi connectivity index (χ0n) is 47.4. The van der Waals surface area contributed by atoms with Gasteiger partial charge in [-0.1, -0.05) is 221 Å². The molecule has 6 aromatic rings. The maximum atomic E-state index is 11.8. The van der Waals surface area contributed by atoms with E-state index in [-0.39, 0.29) is 209 Å². The van der Waals surface area contributed by atoms with Crippen molar-refractivity contribution in [2.24, 2.45) is 0 Å². The van der Waals surface area contributed by atoms with Crippen molar-refractivity contribution in [3.63, 3.8) is 0 Å². The van der Waals surface area contributed by atoms with Crippen LogP contribution in [0, 0.1) is 10.8 Å². The smallest absolute Gasteiger partial charge is 0.191 e. The monoisotopic (exact) mass is 2020 g/mol. The van der Waals surface area contributed by atoms with Crippen LogP contribution >= 0.6 is 325 Å². The standard InChI is InChI=1S/2C19Cl14O3S.2C5H5N.2C2H6O.Cu.6H2O/c2*20-5-2(6(21)12(27)15(30)11(5)26)1(3-7(22)13(28)16(31)14(29)8(3)23)4-9(24)17(32)19(37(34,35)36)18(33)10(4)25;2*1-2-4-6-5-3-1;2*1-2-3;;;;;;;/h;;2*1-5H;2*3H,2H2,1H3;;6*1H2/p+4. The minimum atomic E-state index is -5.27. The van der Waals surface area contributed by atoms with E-state index >= 15 is 0 Å². The summed E-state index contributed by atoms with van der Waals surface area (Å²) in [6.45, 7) is 3.86. The van der Waals surface area contributed by atoms with Gasteiger partial charge in [0.05, 0.1) is 100 Å². The molecule has 1 radical (unpaired) electrons. The van der Waals surface area contributed by atoms with E-state index in [1.807, 2.05) is 36.4 Å². The molecule has 2 aromatic heterocycles. The quantitative estimate of drug-likeness (QED) is 0.0396. The molecule has 0 amide bonds. The van der Waals surface area contributed by atoms with Crippen LogP contribution in [0.5, 0.6) is 0 Å². The van der Waals surface area contributed by atoms with Crippen molar-refractivity contribution >= 4 is 356 Å². The average Bonchev–Trinajstić information content (AvgIpc) is 0.732. The summed E-state index contributed by atoms with van der Waals surface area (Å²) in [5.74, 6) is 0. The molecule has 0 bridgehead atoms. The second-order valence-corrected chi connectivity index (χ2v) is 29.3. The summed E-state index contributed by atoms with van der Waals surface area (Å²) < 4.78 is 71.0. The Balaban J connectivity index is -0.000000448. The summed E-state index contributed by atoms with van der Waals surface area (Å²) in [6.07, 6.45) is 7.00. The van der Waals surface area contributed by atoms with Crippen LogP contribution in [0.2, 0.25) is 90.4 Å². The molecule has 0 saturated heterocycles. The normalized spacial score (nSPS) is 12.4. The molecule has 2 heterocycles. The first-order chi connectivity index (χ1) is 42.6. The van der Waals surface area contributed by atoms with Crippen molar-refractivity contribution in [1.29, 1.82) is 0 Å². The third kappa shape index (κ3) is 25.3. The molecule has 4 aromatic carbocycles. The molecule has 555 valence electrons. The minimum Gasteiger partial charge on any atom is -0.744 e. The number of benzene rings is 4. The van der Waals surface area contributed by atoms with Gasteiger partial charge in [0.2, 0.25) is 0 Å². The van der Waals surface area contributed by atoms with Gasteiger partial charge in [-0.3, -0.25) is 9.97 Å². The Morgan fingerprint density at radius 2 is 0.495 bits per heavy atom. The Kier molecular flexibility index (Phi) is 53.1. The predicted molar refractivity (Wildman–Crippen MR) is 418 cm³/mol. The van der Waals surface area contributed by atoms with Gasteiger partial charge >= 0.3 is 0 Å². The first-order valence-electron chi connectivity index (χ1n) is 22.9. The van der Waals surface area contributed by atoms with E-state index in [0.29, 0.717) is 0 Å². The topological polar surface area (TPSA) is 376 Å². The largest absolute Gasteiger partial charge is 0.744 e. The number of hydrogen-bond acceptors (Lipinski definition) is 10. The van der Waals surface area contributed by atoms with Gasteiger partial charge in [0.1, 0.15) is 31.4 Å². The number of aliphatic hydroxyl groups excluding tert-OH is 2. The fraction of sp³-hybridized carbons (Fsp3) is 0.0769. The van der Waals surface area contributed by atoms with Crippen LogP contribution < -0.4 is 0 Å². The van der Waals surface area contributed by atoms with Crippen molar-refractivity contribution in [2.45, 2.75) is 23.6 Å². The van der Waals surface area contributed by atoms with Crippen molar-refractivity contribution in [2.75, 3.05) is 13.2 Å². The maximum Gasteiger partial charge on any atom is 0.191 e. The number of halogens is 28. The van der Waals surface area contributed by atoms with E-state index in [9.17, 15) is 25.9 Å². The number of pyridine rings is 2. The molecule has 99 heavy (non-hydrogen) atoms. The molecular formula is C52H38Cl28CuN2O14S2+4. The van der Waals surface area contributed by atoms with E-state index in [2.05, 4.69) is 9.97 Å². The summed E-state index contributed by atoms with van der Waals surface area (Å²) in [5.41, 5.74) is -2.18. The molecule has 47 heteroatoms. The predicted octanol–water partition coefficient (Wildman–Crippen LogP) is 21.7. The van der Waals surface area contributed by atoms with Crippen LogP contribution in [0.3, 0.4) is 0 Å². The summed E-state index contributed by atoms with van der Waals surface area (Å²) >= 11 is 177. The van der Waals surface area contributed by atoms with Gasteiger partial charge in [0, 0.05) is 158 Å². The third-order valence-corrected chi connectivity index (χ3v) is 25.2. The minimum absolute atomic E-state index is 0. The molecule has 18 N–H and O–H groups in total. The number of allylic oxidation sites excluding steroid dienone is 10. The Labute approximate surface area is 715 Å². The number of hydrogen-bond donors (Lipinski definition) is 2. The summed E-state index contributed by atoms with van der Waals surface area (Å²) in [7, 11) is -10.5. The second kappa shape index (κ2) is 48.2.